The maximum absolute atomic E-state index is 13.2. The molecule has 0 unspecified atom stereocenters. The molecule has 0 radical (unpaired) electrons. The Morgan fingerprint density at radius 1 is 1.03 bits per heavy atom. The number of hydrogen-bond donors (Lipinski definition) is 1. The monoisotopic (exact) mass is 451 g/mol. The summed E-state index contributed by atoms with van der Waals surface area (Å²) in [7, 11) is 4.70. The van der Waals surface area contributed by atoms with Crippen LogP contribution in [0.25, 0.3) is 21.3 Å². The predicted octanol–water partition coefficient (Wildman–Crippen LogP) is 3.79. The van der Waals surface area contributed by atoms with Crippen molar-refractivity contribution in [1.29, 1.82) is 0 Å². The van der Waals surface area contributed by atoms with Crippen molar-refractivity contribution in [3.63, 3.8) is 0 Å². The molecular formula is C23H21N3O5S. The zero-order valence-corrected chi connectivity index (χ0v) is 18.6. The first kappa shape index (κ1) is 21.4. The summed E-state index contributed by atoms with van der Waals surface area (Å²) in [5.74, 6) is 1.52. The Labute approximate surface area is 188 Å². The Balaban J connectivity index is 1.64. The number of methoxy groups -OCH3 is 3. The molecule has 4 aromatic rings. The Kier molecular flexibility index (Phi) is 6.09. The summed E-state index contributed by atoms with van der Waals surface area (Å²) in [6, 6.07) is 12.4. The van der Waals surface area contributed by atoms with Gasteiger partial charge in [-0.05, 0) is 42.0 Å². The number of carbonyl (C=O) groups excluding carboxylic acids is 1. The van der Waals surface area contributed by atoms with Crippen LogP contribution < -0.4 is 25.1 Å². The lowest BCUT2D eigenvalue weighted by Crippen LogP contribution is -2.27. The Morgan fingerprint density at radius 3 is 2.47 bits per heavy atom. The topological polar surface area (TPSA) is 91.7 Å². The number of ether oxygens (including phenoxy) is 3. The smallest absolute Gasteiger partial charge is 0.263 e. The predicted molar refractivity (Wildman–Crippen MR) is 124 cm³/mol. The maximum Gasteiger partial charge on any atom is 0.263 e. The lowest BCUT2D eigenvalue weighted by molar-refractivity contribution is -0.116. The largest absolute Gasteiger partial charge is 0.497 e. The van der Waals surface area contributed by atoms with Crippen LogP contribution in [0.3, 0.4) is 0 Å². The number of amides is 1. The van der Waals surface area contributed by atoms with Gasteiger partial charge in [0.1, 0.15) is 17.1 Å². The van der Waals surface area contributed by atoms with E-state index >= 15 is 0 Å². The van der Waals surface area contributed by atoms with E-state index in [4.69, 9.17) is 14.2 Å². The first-order chi connectivity index (χ1) is 15.5. The van der Waals surface area contributed by atoms with E-state index in [0.29, 0.717) is 33.2 Å². The van der Waals surface area contributed by atoms with Crippen LogP contribution in [0.5, 0.6) is 17.2 Å². The highest BCUT2D eigenvalue weighted by Gasteiger charge is 2.16. The number of thiophene rings is 1. The van der Waals surface area contributed by atoms with E-state index in [1.54, 1.807) is 51.7 Å². The van der Waals surface area contributed by atoms with Crippen molar-refractivity contribution in [3.05, 3.63) is 64.5 Å². The summed E-state index contributed by atoms with van der Waals surface area (Å²) < 4.78 is 17.1. The van der Waals surface area contributed by atoms with Crippen molar-refractivity contribution in [1.82, 2.24) is 9.55 Å². The van der Waals surface area contributed by atoms with Gasteiger partial charge in [-0.3, -0.25) is 14.2 Å². The van der Waals surface area contributed by atoms with Gasteiger partial charge >= 0.3 is 0 Å². The Hall–Kier alpha value is -3.85. The van der Waals surface area contributed by atoms with Crippen LogP contribution in [0.2, 0.25) is 0 Å². The summed E-state index contributed by atoms with van der Waals surface area (Å²) in [5.41, 5.74) is 1.85. The quantitative estimate of drug-likeness (QED) is 0.460. The van der Waals surface area contributed by atoms with E-state index in [0.717, 1.165) is 11.1 Å². The maximum atomic E-state index is 13.2. The summed E-state index contributed by atoms with van der Waals surface area (Å²) in [5, 5.41) is 5.11. The fourth-order valence-corrected chi connectivity index (χ4v) is 4.23. The molecule has 32 heavy (non-hydrogen) atoms. The van der Waals surface area contributed by atoms with E-state index in [1.807, 2.05) is 17.5 Å². The highest BCUT2D eigenvalue weighted by molar-refractivity contribution is 7.17. The van der Waals surface area contributed by atoms with Gasteiger partial charge in [0.25, 0.3) is 5.56 Å². The van der Waals surface area contributed by atoms with Crippen molar-refractivity contribution in [2.75, 3.05) is 26.6 Å². The molecule has 8 nitrogen and oxygen atoms in total. The average molecular weight is 452 g/mol. The summed E-state index contributed by atoms with van der Waals surface area (Å²) in [6.07, 6.45) is 1.40. The van der Waals surface area contributed by atoms with Gasteiger partial charge in [0.05, 0.1) is 33.0 Å². The number of nitrogens with zero attached hydrogens (tertiary/aromatic N) is 2. The Morgan fingerprint density at radius 2 is 1.78 bits per heavy atom. The van der Waals surface area contributed by atoms with Crippen LogP contribution in [0.4, 0.5) is 5.69 Å². The summed E-state index contributed by atoms with van der Waals surface area (Å²) in [4.78, 5) is 30.7. The van der Waals surface area contributed by atoms with Crippen LogP contribution >= 0.6 is 11.3 Å². The van der Waals surface area contributed by atoms with E-state index in [-0.39, 0.29) is 18.0 Å². The second-order valence-corrected chi connectivity index (χ2v) is 7.71. The fraction of sp³-hybridized carbons (Fsp3) is 0.174. The van der Waals surface area contributed by atoms with Gasteiger partial charge in [-0.1, -0.05) is 6.07 Å². The molecule has 0 saturated heterocycles. The third-order valence-electron chi connectivity index (χ3n) is 4.94. The molecule has 1 N–H and O–H groups in total. The average Bonchev–Trinajstić information content (AvgIpc) is 3.26. The third-order valence-corrected chi connectivity index (χ3v) is 5.83. The molecule has 0 atom stereocenters. The van der Waals surface area contributed by atoms with Crippen molar-refractivity contribution >= 4 is 33.1 Å². The molecule has 0 spiro atoms. The number of anilines is 1. The molecule has 0 aliphatic heterocycles. The molecule has 0 fully saturated rings. The number of hydrogen-bond acceptors (Lipinski definition) is 7. The molecule has 0 bridgehead atoms. The van der Waals surface area contributed by atoms with Gasteiger partial charge in [-0.2, -0.15) is 0 Å². The van der Waals surface area contributed by atoms with Gasteiger partial charge in [0.15, 0.2) is 11.5 Å². The normalized spacial score (nSPS) is 10.7. The zero-order valence-electron chi connectivity index (χ0n) is 17.7. The van der Waals surface area contributed by atoms with Crippen molar-refractivity contribution in [2.45, 2.75) is 6.54 Å². The molecule has 0 aliphatic rings. The molecule has 0 aliphatic carbocycles. The van der Waals surface area contributed by atoms with Crippen molar-refractivity contribution in [3.8, 4) is 28.4 Å². The number of carbonyl (C=O) groups is 1. The van der Waals surface area contributed by atoms with E-state index in [9.17, 15) is 9.59 Å². The lowest BCUT2D eigenvalue weighted by atomic mass is 10.1. The molecule has 164 valence electrons. The zero-order chi connectivity index (χ0) is 22.7. The number of fused-ring (bicyclic) bond motifs is 1. The van der Waals surface area contributed by atoms with E-state index in [2.05, 4.69) is 10.3 Å². The SMILES string of the molecule is COc1ccc(NC(=O)Cn2cnc3scc(-c4ccc(OC)c(OC)c4)c3c2=O)cc1. The number of rotatable bonds is 7. The molecule has 1 amide bonds. The molecule has 2 heterocycles. The van der Waals surface area contributed by atoms with Crippen LogP contribution in [0, 0.1) is 0 Å². The number of nitrogens with one attached hydrogen (secondary N) is 1. The molecular weight excluding hydrogens is 430 g/mol. The lowest BCUT2D eigenvalue weighted by Gasteiger charge is -2.10. The molecule has 9 heteroatoms. The minimum atomic E-state index is -0.332. The van der Waals surface area contributed by atoms with Crippen molar-refractivity contribution in [2.24, 2.45) is 0 Å². The van der Waals surface area contributed by atoms with Crippen LogP contribution in [-0.4, -0.2) is 36.8 Å². The molecule has 0 saturated carbocycles. The van der Waals surface area contributed by atoms with Gasteiger partial charge in [0.2, 0.25) is 5.91 Å². The summed E-state index contributed by atoms with van der Waals surface area (Å²) in [6.45, 7) is -0.158. The highest BCUT2D eigenvalue weighted by Crippen LogP contribution is 2.36. The second-order valence-electron chi connectivity index (χ2n) is 6.85. The standard InChI is InChI=1S/C23H21N3O5S/c1-29-16-7-5-15(6-8-16)25-20(27)11-26-13-24-22-21(23(26)28)17(12-32-22)14-4-9-18(30-2)19(10-14)31-3/h4-10,12-13H,11H2,1-3H3,(H,25,27). The van der Waals surface area contributed by atoms with Gasteiger partial charge in [0, 0.05) is 16.6 Å². The second kappa shape index (κ2) is 9.11. The molecule has 2 aromatic carbocycles. The summed E-state index contributed by atoms with van der Waals surface area (Å²) >= 11 is 1.37. The number of aromatic nitrogens is 2. The first-order valence-corrected chi connectivity index (χ1v) is 10.5. The third kappa shape index (κ3) is 4.15. The fourth-order valence-electron chi connectivity index (χ4n) is 3.33. The minimum absolute atomic E-state index is 0.158. The van der Waals surface area contributed by atoms with Gasteiger partial charge in [-0.15, -0.1) is 11.3 Å². The molecule has 4 rings (SSSR count). The minimum Gasteiger partial charge on any atom is -0.497 e. The van der Waals surface area contributed by atoms with E-state index in [1.165, 1.54) is 22.2 Å². The van der Waals surface area contributed by atoms with Gasteiger partial charge < -0.3 is 19.5 Å². The highest BCUT2D eigenvalue weighted by atomic mass is 32.1. The van der Waals surface area contributed by atoms with Crippen LogP contribution in [0.15, 0.2) is 59.0 Å². The Bertz CT molecular complexity index is 1330. The van der Waals surface area contributed by atoms with E-state index < -0.39 is 0 Å². The van der Waals surface area contributed by atoms with Gasteiger partial charge in [-0.25, -0.2) is 4.98 Å². The molecule has 2 aromatic heterocycles. The van der Waals surface area contributed by atoms with Crippen LogP contribution in [0.1, 0.15) is 0 Å². The van der Waals surface area contributed by atoms with Crippen molar-refractivity contribution < 1.29 is 19.0 Å². The first-order valence-electron chi connectivity index (χ1n) is 9.67. The van der Waals surface area contributed by atoms with Crippen LogP contribution in [-0.2, 0) is 11.3 Å². The number of benzene rings is 2.